The Morgan fingerprint density at radius 1 is 1.44 bits per heavy atom. The molecule has 88 valence electrons. The molecule has 16 heavy (non-hydrogen) atoms. The molecular formula is C11H18N4O. The van der Waals surface area contributed by atoms with Crippen LogP contribution in [0.4, 0.5) is 0 Å². The molecule has 1 saturated heterocycles. The summed E-state index contributed by atoms with van der Waals surface area (Å²) in [7, 11) is 0. The maximum atomic E-state index is 4.77. The second-order valence-electron chi connectivity index (χ2n) is 4.97. The number of hydrogen-bond donors (Lipinski definition) is 1. The van der Waals surface area contributed by atoms with Crippen LogP contribution in [-0.2, 0) is 6.54 Å². The van der Waals surface area contributed by atoms with Crippen LogP contribution < -0.4 is 5.32 Å². The molecule has 1 aliphatic heterocycles. The van der Waals surface area contributed by atoms with E-state index in [1.807, 2.05) is 0 Å². The summed E-state index contributed by atoms with van der Waals surface area (Å²) in [6.45, 7) is 4.11. The molecule has 0 aromatic carbocycles. The summed E-state index contributed by atoms with van der Waals surface area (Å²) in [6, 6.07) is 0. The standard InChI is InChI=1S/C11H18N4O/c1-2-4-11(3-1)8-15(6-5-13-11)7-10-12-9-16-14-10/h9,13H,1-8H2. The minimum absolute atomic E-state index is 0.377. The molecule has 0 amide bonds. The Hall–Kier alpha value is -0.940. The van der Waals surface area contributed by atoms with Crippen molar-refractivity contribution in [3.05, 3.63) is 12.2 Å². The molecule has 0 radical (unpaired) electrons. The first-order valence-electron chi connectivity index (χ1n) is 6.09. The first kappa shape index (κ1) is 10.2. The third-order valence-corrected chi connectivity index (χ3v) is 3.79. The van der Waals surface area contributed by atoms with E-state index in [2.05, 4.69) is 20.4 Å². The molecular weight excluding hydrogens is 204 g/mol. The van der Waals surface area contributed by atoms with E-state index < -0.39 is 0 Å². The van der Waals surface area contributed by atoms with Crippen LogP contribution in [0.1, 0.15) is 31.5 Å². The number of hydrogen-bond acceptors (Lipinski definition) is 5. The van der Waals surface area contributed by atoms with Crippen molar-refractivity contribution in [1.82, 2.24) is 20.4 Å². The maximum absolute atomic E-state index is 4.77. The lowest BCUT2D eigenvalue weighted by Crippen LogP contribution is -2.58. The normalized spacial score (nSPS) is 25.2. The van der Waals surface area contributed by atoms with Crippen LogP contribution in [0.5, 0.6) is 0 Å². The second kappa shape index (κ2) is 4.14. The Morgan fingerprint density at radius 3 is 3.06 bits per heavy atom. The summed E-state index contributed by atoms with van der Waals surface area (Å²) in [5.74, 6) is 0.801. The fourth-order valence-electron chi connectivity index (χ4n) is 3.03. The highest BCUT2D eigenvalue weighted by atomic mass is 16.5. The zero-order valence-electron chi connectivity index (χ0n) is 9.48. The van der Waals surface area contributed by atoms with E-state index in [9.17, 15) is 0 Å². The fraction of sp³-hybridized carbons (Fsp3) is 0.818. The molecule has 5 heteroatoms. The number of rotatable bonds is 2. The quantitative estimate of drug-likeness (QED) is 0.801. The topological polar surface area (TPSA) is 54.2 Å². The summed E-state index contributed by atoms with van der Waals surface area (Å²) < 4.78 is 4.77. The fourth-order valence-corrected chi connectivity index (χ4v) is 3.03. The SMILES string of the molecule is c1nc(CN2CCNC3(CCCC3)C2)no1. The molecule has 0 atom stereocenters. The lowest BCUT2D eigenvalue weighted by atomic mass is 9.94. The van der Waals surface area contributed by atoms with E-state index in [0.717, 1.165) is 32.0 Å². The summed E-state index contributed by atoms with van der Waals surface area (Å²) in [5, 5.41) is 7.58. The zero-order valence-corrected chi connectivity index (χ0v) is 9.48. The third-order valence-electron chi connectivity index (χ3n) is 3.79. The number of nitrogens with zero attached hydrogens (tertiary/aromatic N) is 3. The van der Waals surface area contributed by atoms with Gasteiger partial charge < -0.3 is 9.84 Å². The van der Waals surface area contributed by atoms with Crippen LogP contribution in [0.25, 0.3) is 0 Å². The first-order valence-corrected chi connectivity index (χ1v) is 6.09. The van der Waals surface area contributed by atoms with Crippen molar-refractivity contribution in [3.63, 3.8) is 0 Å². The smallest absolute Gasteiger partial charge is 0.213 e. The summed E-state index contributed by atoms with van der Waals surface area (Å²) in [5.41, 5.74) is 0.377. The number of aromatic nitrogens is 2. The van der Waals surface area contributed by atoms with Crippen molar-refractivity contribution >= 4 is 0 Å². The molecule has 1 spiro atoms. The molecule has 1 aromatic heterocycles. The molecule has 2 aliphatic rings. The Labute approximate surface area is 95.2 Å². The molecule has 5 nitrogen and oxygen atoms in total. The Balaban J connectivity index is 1.63. The van der Waals surface area contributed by atoms with Crippen molar-refractivity contribution in [2.24, 2.45) is 0 Å². The van der Waals surface area contributed by atoms with Crippen LogP contribution in [0.3, 0.4) is 0 Å². The molecule has 2 fully saturated rings. The highest BCUT2D eigenvalue weighted by Gasteiger charge is 2.37. The van der Waals surface area contributed by atoms with Crippen molar-refractivity contribution < 1.29 is 4.52 Å². The second-order valence-corrected chi connectivity index (χ2v) is 4.97. The largest absolute Gasteiger partial charge is 0.343 e. The van der Waals surface area contributed by atoms with Crippen molar-refractivity contribution in [2.75, 3.05) is 19.6 Å². The molecule has 0 unspecified atom stereocenters. The average Bonchev–Trinajstić information content (AvgIpc) is 2.91. The van der Waals surface area contributed by atoms with Crippen molar-refractivity contribution in [2.45, 2.75) is 37.8 Å². The van der Waals surface area contributed by atoms with Gasteiger partial charge in [-0.25, -0.2) is 0 Å². The Morgan fingerprint density at radius 2 is 2.31 bits per heavy atom. The van der Waals surface area contributed by atoms with Crippen LogP contribution in [0, 0.1) is 0 Å². The van der Waals surface area contributed by atoms with E-state index in [0.29, 0.717) is 5.54 Å². The lowest BCUT2D eigenvalue weighted by Gasteiger charge is -2.41. The van der Waals surface area contributed by atoms with E-state index >= 15 is 0 Å². The van der Waals surface area contributed by atoms with Gasteiger partial charge >= 0.3 is 0 Å². The average molecular weight is 222 g/mol. The molecule has 1 aromatic rings. The van der Waals surface area contributed by atoms with E-state index in [4.69, 9.17) is 4.52 Å². The third kappa shape index (κ3) is 1.97. The van der Waals surface area contributed by atoms with Crippen LogP contribution in [0.2, 0.25) is 0 Å². The minimum atomic E-state index is 0.377. The molecule has 1 aliphatic carbocycles. The van der Waals surface area contributed by atoms with Gasteiger partial charge in [0.2, 0.25) is 6.39 Å². The van der Waals surface area contributed by atoms with Gasteiger partial charge in [0.25, 0.3) is 0 Å². The molecule has 1 N–H and O–H groups in total. The van der Waals surface area contributed by atoms with Crippen LogP contribution >= 0.6 is 0 Å². The van der Waals surface area contributed by atoms with Gasteiger partial charge in [-0.15, -0.1) is 0 Å². The summed E-state index contributed by atoms with van der Waals surface area (Å²) in [6.07, 6.45) is 6.76. The predicted molar refractivity (Wildman–Crippen MR) is 58.8 cm³/mol. The minimum Gasteiger partial charge on any atom is -0.343 e. The van der Waals surface area contributed by atoms with E-state index in [1.54, 1.807) is 0 Å². The van der Waals surface area contributed by atoms with Gasteiger partial charge in [-0.3, -0.25) is 4.90 Å². The predicted octanol–water partition coefficient (Wildman–Crippen LogP) is 0.788. The maximum Gasteiger partial charge on any atom is 0.213 e. The highest BCUT2D eigenvalue weighted by molar-refractivity contribution is 4.98. The molecule has 3 rings (SSSR count). The van der Waals surface area contributed by atoms with Gasteiger partial charge in [0.05, 0.1) is 6.54 Å². The summed E-state index contributed by atoms with van der Waals surface area (Å²) >= 11 is 0. The molecule has 1 saturated carbocycles. The van der Waals surface area contributed by atoms with E-state index in [1.165, 1.54) is 32.1 Å². The molecule has 2 heterocycles. The van der Waals surface area contributed by atoms with Crippen molar-refractivity contribution in [1.29, 1.82) is 0 Å². The molecule has 0 bridgehead atoms. The van der Waals surface area contributed by atoms with Gasteiger partial charge in [0.15, 0.2) is 5.82 Å². The van der Waals surface area contributed by atoms with E-state index in [-0.39, 0.29) is 0 Å². The Bertz CT molecular complexity index is 332. The highest BCUT2D eigenvalue weighted by Crippen LogP contribution is 2.32. The van der Waals surface area contributed by atoms with Gasteiger partial charge in [-0.2, -0.15) is 4.98 Å². The van der Waals surface area contributed by atoms with Gasteiger partial charge in [-0.1, -0.05) is 18.0 Å². The van der Waals surface area contributed by atoms with Crippen molar-refractivity contribution in [3.8, 4) is 0 Å². The lowest BCUT2D eigenvalue weighted by molar-refractivity contribution is 0.125. The zero-order chi connectivity index (χ0) is 10.8. The first-order chi connectivity index (χ1) is 7.86. The van der Waals surface area contributed by atoms with Crippen LogP contribution in [-0.4, -0.2) is 40.2 Å². The number of piperazine rings is 1. The Kier molecular flexibility index (Phi) is 2.65. The summed E-state index contributed by atoms with van der Waals surface area (Å²) in [4.78, 5) is 6.52. The van der Waals surface area contributed by atoms with Gasteiger partial charge in [0, 0.05) is 25.2 Å². The van der Waals surface area contributed by atoms with Gasteiger partial charge in [0.1, 0.15) is 0 Å². The van der Waals surface area contributed by atoms with Crippen LogP contribution in [0.15, 0.2) is 10.9 Å². The monoisotopic (exact) mass is 222 g/mol. The van der Waals surface area contributed by atoms with Gasteiger partial charge in [-0.05, 0) is 12.8 Å². The number of nitrogens with one attached hydrogen (secondary N) is 1.